The van der Waals surface area contributed by atoms with Crippen LogP contribution in [0.5, 0.6) is 0 Å². The predicted molar refractivity (Wildman–Crippen MR) is 76.3 cm³/mol. The Morgan fingerprint density at radius 1 is 1.39 bits per heavy atom. The summed E-state index contributed by atoms with van der Waals surface area (Å²) in [7, 11) is 1.78. The van der Waals surface area contributed by atoms with Crippen LogP contribution in [0.1, 0.15) is 56.0 Å². The van der Waals surface area contributed by atoms with Crippen LogP contribution in [0.25, 0.3) is 0 Å². The highest BCUT2D eigenvalue weighted by Gasteiger charge is 2.39. The molecule has 2 saturated carbocycles. The quantitative estimate of drug-likeness (QED) is 0.845. The lowest BCUT2D eigenvalue weighted by atomic mass is 10.0. The number of hydrogen-bond donors (Lipinski definition) is 1. The summed E-state index contributed by atoms with van der Waals surface area (Å²) in [5, 5.41) is 0. The van der Waals surface area contributed by atoms with Crippen LogP contribution < -0.4 is 0 Å². The van der Waals surface area contributed by atoms with Crippen molar-refractivity contribution in [2.45, 2.75) is 50.0 Å². The largest absolute Gasteiger partial charge is 0.370 e. The first-order valence-electron chi connectivity index (χ1n) is 6.51. The van der Waals surface area contributed by atoms with E-state index >= 15 is 0 Å². The molecule has 0 aliphatic heterocycles. The highest BCUT2D eigenvalue weighted by Crippen LogP contribution is 2.45. The lowest BCUT2D eigenvalue weighted by Crippen LogP contribution is -2.28. The summed E-state index contributed by atoms with van der Waals surface area (Å²) < 4.78 is 7.41. The summed E-state index contributed by atoms with van der Waals surface area (Å²) in [4.78, 5) is 8.06. The molecule has 1 aromatic heterocycles. The minimum atomic E-state index is -0.238. The number of aromatic nitrogens is 2. The Hall–Kier alpha value is -0.260. The molecule has 0 saturated heterocycles. The van der Waals surface area contributed by atoms with Crippen LogP contribution >= 0.6 is 28.1 Å². The number of H-pyrrole nitrogens is 1. The molecule has 1 heterocycles. The fourth-order valence-corrected chi connectivity index (χ4v) is 3.54. The molecule has 0 unspecified atom stereocenters. The third kappa shape index (κ3) is 2.06. The molecule has 98 valence electrons. The zero-order valence-corrected chi connectivity index (χ0v) is 12.9. The number of ether oxygens (including phenoxy) is 1. The summed E-state index contributed by atoms with van der Waals surface area (Å²) in [6, 6.07) is 0. The smallest absolute Gasteiger partial charge is 0.144 e. The Labute approximate surface area is 120 Å². The van der Waals surface area contributed by atoms with Gasteiger partial charge in [0.1, 0.15) is 16.1 Å². The van der Waals surface area contributed by atoms with E-state index in [-0.39, 0.29) is 5.60 Å². The van der Waals surface area contributed by atoms with Gasteiger partial charge in [-0.3, -0.25) is 0 Å². The van der Waals surface area contributed by atoms with E-state index < -0.39 is 0 Å². The average Bonchev–Trinajstić information content (AvgIpc) is 3.10. The van der Waals surface area contributed by atoms with Crippen LogP contribution in [0.4, 0.5) is 0 Å². The van der Waals surface area contributed by atoms with Crippen LogP contribution in [-0.4, -0.2) is 17.1 Å². The summed E-state index contributed by atoms with van der Waals surface area (Å²) in [6.45, 7) is 0. The minimum absolute atomic E-state index is 0.238. The first-order valence-corrected chi connectivity index (χ1v) is 7.72. The van der Waals surface area contributed by atoms with Gasteiger partial charge >= 0.3 is 0 Å². The van der Waals surface area contributed by atoms with Crippen molar-refractivity contribution in [3.05, 3.63) is 20.6 Å². The summed E-state index contributed by atoms with van der Waals surface area (Å²) in [5.74, 6) is 1.55. The highest BCUT2D eigenvalue weighted by molar-refractivity contribution is 9.10. The Balaban J connectivity index is 2.09. The van der Waals surface area contributed by atoms with Crippen molar-refractivity contribution in [3.63, 3.8) is 0 Å². The Kier molecular flexibility index (Phi) is 3.32. The Morgan fingerprint density at radius 2 is 2.06 bits per heavy atom. The number of halogens is 1. The molecule has 0 bridgehead atoms. The maximum absolute atomic E-state index is 5.78. The first kappa shape index (κ1) is 12.8. The number of rotatable bonds is 3. The predicted octanol–water partition coefficient (Wildman–Crippen LogP) is 4.19. The monoisotopic (exact) mass is 328 g/mol. The molecule has 0 amide bonds. The lowest BCUT2D eigenvalue weighted by molar-refractivity contribution is -0.0166. The molecule has 3 nitrogen and oxygen atoms in total. The van der Waals surface area contributed by atoms with Crippen LogP contribution in [0.15, 0.2) is 4.47 Å². The van der Waals surface area contributed by atoms with Gasteiger partial charge in [0, 0.05) is 18.7 Å². The van der Waals surface area contributed by atoms with E-state index in [1.54, 1.807) is 7.11 Å². The van der Waals surface area contributed by atoms with Gasteiger partial charge in [0.05, 0.1) is 4.47 Å². The molecule has 0 spiro atoms. The van der Waals surface area contributed by atoms with E-state index in [9.17, 15) is 0 Å². The Morgan fingerprint density at radius 3 is 2.61 bits per heavy atom. The minimum Gasteiger partial charge on any atom is -0.370 e. The molecule has 0 atom stereocenters. The average molecular weight is 329 g/mol. The van der Waals surface area contributed by atoms with E-state index in [1.165, 1.54) is 31.4 Å². The van der Waals surface area contributed by atoms with E-state index in [2.05, 4.69) is 25.9 Å². The van der Waals surface area contributed by atoms with Crippen molar-refractivity contribution in [2.75, 3.05) is 7.11 Å². The third-order valence-corrected chi connectivity index (χ3v) is 5.47. The second-order valence-electron chi connectivity index (χ2n) is 5.30. The number of nitrogens with zero attached hydrogens (tertiary/aromatic N) is 1. The first-order chi connectivity index (χ1) is 8.66. The van der Waals surface area contributed by atoms with E-state index in [1.807, 2.05) is 0 Å². The molecule has 2 fully saturated rings. The van der Waals surface area contributed by atoms with Crippen molar-refractivity contribution in [1.82, 2.24) is 9.97 Å². The van der Waals surface area contributed by atoms with Gasteiger partial charge in [-0.2, -0.15) is 0 Å². The maximum atomic E-state index is 5.78. The van der Waals surface area contributed by atoms with Gasteiger partial charge in [0.25, 0.3) is 0 Å². The van der Waals surface area contributed by atoms with Gasteiger partial charge in [-0.25, -0.2) is 4.98 Å². The Bertz CT molecular complexity index is 518. The molecule has 3 rings (SSSR count). The standard InChI is InChI=1S/C13H17BrN2OS/c1-17-13(6-2-3-7-13)12-15-10(8-4-5-8)9(14)11(18)16-12/h8H,2-7H2,1H3,(H,15,16,18). The van der Waals surface area contributed by atoms with Crippen molar-refractivity contribution in [3.8, 4) is 0 Å². The zero-order chi connectivity index (χ0) is 12.8. The van der Waals surface area contributed by atoms with Crippen LogP contribution in [-0.2, 0) is 10.3 Å². The number of hydrogen-bond acceptors (Lipinski definition) is 3. The van der Waals surface area contributed by atoms with Gasteiger partial charge in [0.15, 0.2) is 0 Å². The maximum Gasteiger partial charge on any atom is 0.144 e. The molecular formula is C13H17BrN2OS. The zero-order valence-electron chi connectivity index (χ0n) is 10.5. The van der Waals surface area contributed by atoms with Gasteiger partial charge in [-0.05, 0) is 54.5 Å². The second kappa shape index (κ2) is 4.69. The molecule has 1 N–H and O–H groups in total. The van der Waals surface area contributed by atoms with E-state index in [0.29, 0.717) is 10.6 Å². The van der Waals surface area contributed by atoms with Crippen LogP contribution in [0.3, 0.4) is 0 Å². The fourth-order valence-electron chi connectivity index (χ4n) is 2.83. The van der Waals surface area contributed by atoms with Gasteiger partial charge < -0.3 is 9.72 Å². The molecule has 2 aliphatic rings. The van der Waals surface area contributed by atoms with Crippen molar-refractivity contribution >= 4 is 28.1 Å². The van der Waals surface area contributed by atoms with Crippen molar-refractivity contribution in [2.24, 2.45) is 0 Å². The summed E-state index contributed by atoms with van der Waals surface area (Å²) in [5.41, 5.74) is 0.978. The van der Waals surface area contributed by atoms with Crippen molar-refractivity contribution < 1.29 is 4.74 Å². The number of nitrogens with one attached hydrogen (secondary N) is 1. The SMILES string of the molecule is COC1(c2nc(=S)c(Br)c(C3CC3)[nH]2)CCCC1. The lowest BCUT2D eigenvalue weighted by Gasteiger charge is -2.27. The molecule has 2 aliphatic carbocycles. The molecule has 0 radical (unpaired) electrons. The van der Waals surface area contributed by atoms with Gasteiger partial charge in [-0.15, -0.1) is 0 Å². The van der Waals surface area contributed by atoms with E-state index in [4.69, 9.17) is 17.0 Å². The number of methoxy groups -OCH3 is 1. The summed E-state index contributed by atoms with van der Waals surface area (Å²) in [6.07, 6.45) is 6.96. The van der Waals surface area contributed by atoms with Crippen LogP contribution in [0.2, 0.25) is 0 Å². The van der Waals surface area contributed by atoms with Crippen molar-refractivity contribution in [1.29, 1.82) is 0 Å². The fraction of sp³-hybridized carbons (Fsp3) is 0.692. The molecule has 18 heavy (non-hydrogen) atoms. The molecule has 1 aromatic rings. The highest BCUT2D eigenvalue weighted by atomic mass is 79.9. The molecular weight excluding hydrogens is 312 g/mol. The van der Waals surface area contributed by atoms with E-state index in [0.717, 1.165) is 23.1 Å². The van der Waals surface area contributed by atoms with Gasteiger partial charge in [-0.1, -0.05) is 12.2 Å². The third-order valence-electron chi connectivity index (χ3n) is 4.11. The molecule has 5 heteroatoms. The normalized spacial score (nSPS) is 22.3. The topological polar surface area (TPSA) is 37.9 Å². The summed E-state index contributed by atoms with van der Waals surface area (Å²) >= 11 is 8.94. The number of aromatic amines is 1. The molecule has 0 aromatic carbocycles. The second-order valence-corrected chi connectivity index (χ2v) is 6.48. The van der Waals surface area contributed by atoms with Gasteiger partial charge in [0.2, 0.25) is 0 Å². The van der Waals surface area contributed by atoms with Crippen LogP contribution in [0, 0.1) is 4.64 Å².